The number of alkyl halides is 3. The van der Waals surface area contributed by atoms with Crippen LogP contribution in [0, 0.1) is 35.5 Å². The van der Waals surface area contributed by atoms with E-state index >= 15 is 0 Å². The van der Waals surface area contributed by atoms with Crippen molar-refractivity contribution in [3.05, 3.63) is 23.3 Å². The number of hydrogen-bond acceptors (Lipinski definition) is 6. The van der Waals surface area contributed by atoms with E-state index in [1.54, 1.807) is 10.7 Å². The summed E-state index contributed by atoms with van der Waals surface area (Å²) in [5, 5.41) is 7.21. The van der Waals surface area contributed by atoms with Crippen molar-refractivity contribution >= 4 is 11.7 Å². The molecule has 2 saturated carbocycles. The highest BCUT2D eigenvalue weighted by Crippen LogP contribution is 2.61. The number of hydrogen-bond donors (Lipinski definition) is 2. The molecule has 36 heavy (non-hydrogen) atoms. The van der Waals surface area contributed by atoms with Crippen LogP contribution < -0.4 is 11.1 Å². The van der Waals surface area contributed by atoms with Gasteiger partial charge in [-0.2, -0.15) is 18.3 Å². The number of carbonyl (C=O) groups is 1. The van der Waals surface area contributed by atoms with E-state index in [0.29, 0.717) is 30.6 Å². The lowest BCUT2D eigenvalue weighted by Gasteiger charge is -2.31. The second-order valence-corrected chi connectivity index (χ2v) is 11.3. The van der Waals surface area contributed by atoms with E-state index in [-0.39, 0.29) is 37.3 Å². The SMILES string of the molecule is CC1[C@H]2CC([C@H](N)c3cn4nc(C[C@H]5C[C@@H](C(F)(F)F)CNC5=O)c(C5CCOCC5)nc4n3)C[C@@H]12. The molecule has 2 aromatic rings. The van der Waals surface area contributed by atoms with Crippen molar-refractivity contribution in [2.24, 2.45) is 41.2 Å². The van der Waals surface area contributed by atoms with Crippen molar-refractivity contribution in [1.29, 1.82) is 0 Å². The zero-order chi connectivity index (χ0) is 25.2. The number of imidazole rings is 1. The molecule has 0 radical (unpaired) electrons. The van der Waals surface area contributed by atoms with Crippen LogP contribution in [0.1, 0.15) is 68.1 Å². The van der Waals surface area contributed by atoms with Crippen LogP contribution in [0.2, 0.25) is 0 Å². The maximum atomic E-state index is 13.4. The third-order valence-electron chi connectivity index (χ3n) is 9.17. The largest absolute Gasteiger partial charge is 0.393 e. The highest BCUT2D eigenvalue weighted by molar-refractivity contribution is 5.79. The van der Waals surface area contributed by atoms with E-state index in [1.165, 1.54) is 0 Å². The normalized spacial score (nSPS) is 34.0. The fourth-order valence-electron chi connectivity index (χ4n) is 6.79. The first kappa shape index (κ1) is 24.1. The Bertz CT molecular complexity index is 1130. The molecule has 0 bridgehead atoms. The summed E-state index contributed by atoms with van der Waals surface area (Å²) in [7, 11) is 0. The zero-order valence-corrected chi connectivity index (χ0v) is 20.4. The summed E-state index contributed by atoms with van der Waals surface area (Å²) in [6.07, 6.45) is 1.05. The van der Waals surface area contributed by atoms with Crippen LogP contribution in [-0.4, -0.2) is 51.4 Å². The monoisotopic (exact) mass is 506 g/mol. The van der Waals surface area contributed by atoms with Crippen molar-refractivity contribution < 1.29 is 22.7 Å². The van der Waals surface area contributed by atoms with Gasteiger partial charge in [-0.15, -0.1) is 0 Å². The topological polar surface area (TPSA) is 107 Å². The average Bonchev–Trinajstić information content (AvgIpc) is 3.22. The van der Waals surface area contributed by atoms with Gasteiger partial charge in [-0.3, -0.25) is 4.79 Å². The first-order chi connectivity index (χ1) is 17.2. The Morgan fingerprint density at radius 1 is 1.19 bits per heavy atom. The molecule has 4 aliphatic rings. The Balaban J connectivity index is 1.30. The van der Waals surface area contributed by atoms with E-state index in [1.807, 2.05) is 0 Å². The van der Waals surface area contributed by atoms with Gasteiger partial charge >= 0.3 is 6.18 Å². The standard InChI is InChI=1S/C25H33F3N6O2/c1-12-17-7-14(8-18(12)17)21(29)20-11-34-24(31-20)32-22(13-2-4-36-5-3-13)19(33-34)9-15-6-16(25(26,27)28)10-30-23(15)35/h11-18,21H,2-10,29H2,1H3,(H,30,35)/t12?,14?,15-,16-,17-,18+,21+/m1/s1. The number of nitrogens with one attached hydrogen (secondary N) is 1. The number of carbonyl (C=O) groups excluding carboxylic acids is 1. The molecule has 2 unspecified atom stereocenters. The Morgan fingerprint density at radius 2 is 1.92 bits per heavy atom. The maximum absolute atomic E-state index is 13.4. The molecule has 2 aromatic heterocycles. The molecule has 196 valence electrons. The molecule has 11 heteroatoms. The van der Waals surface area contributed by atoms with Gasteiger partial charge in [-0.1, -0.05) is 6.92 Å². The van der Waals surface area contributed by atoms with Crippen molar-refractivity contribution in [1.82, 2.24) is 24.9 Å². The summed E-state index contributed by atoms with van der Waals surface area (Å²) < 4.78 is 47.3. The van der Waals surface area contributed by atoms with Crippen LogP contribution in [0.3, 0.4) is 0 Å². The van der Waals surface area contributed by atoms with Crippen molar-refractivity contribution in [2.45, 2.75) is 63.6 Å². The second kappa shape index (κ2) is 8.93. The predicted octanol–water partition coefficient (Wildman–Crippen LogP) is 3.17. The Hall–Kier alpha value is -2.27. The number of rotatable bonds is 5. The van der Waals surface area contributed by atoms with Crippen LogP contribution in [0.25, 0.3) is 5.78 Å². The third kappa shape index (κ3) is 4.38. The number of halogens is 3. The molecule has 4 heterocycles. The predicted molar refractivity (Wildman–Crippen MR) is 124 cm³/mol. The molecule has 2 saturated heterocycles. The lowest BCUT2D eigenvalue weighted by molar-refractivity contribution is -0.183. The van der Waals surface area contributed by atoms with Crippen LogP contribution in [-0.2, 0) is 16.0 Å². The van der Waals surface area contributed by atoms with Gasteiger partial charge in [-0.05, 0) is 55.8 Å². The van der Waals surface area contributed by atoms with Gasteiger partial charge in [-0.25, -0.2) is 14.5 Å². The smallest absolute Gasteiger partial charge is 0.381 e. The van der Waals surface area contributed by atoms with Gasteiger partial charge in [0.15, 0.2) is 0 Å². The quantitative estimate of drug-likeness (QED) is 0.645. The first-order valence-electron chi connectivity index (χ1n) is 13.1. The number of amides is 1. The van der Waals surface area contributed by atoms with Crippen LogP contribution in [0.5, 0.6) is 0 Å². The van der Waals surface area contributed by atoms with Gasteiger partial charge in [0.2, 0.25) is 5.91 Å². The number of nitrogens with zero attached hydrogens (tertiary/aromatic N) is 4. The van der Waals surface area contributed by atoms with Crippen molar-refractivity contribution in [3.8, 4) is 0 Å². The summed E-state index contributed by atoms with van der Waals surface area (Å²) in [5.74, 6) is 0.535. The fraction of sp³-hybridized carbons (Fsp3) is 0.760. The van der Waals surface area contributed by atoms with E-state index in [2.05, 4.69) is 12.2 Å². The highest BCUT2D eigenvalue weighted by Gasteiger charge is 2.54. The van der Waals surface area contributed by atoms with Gasteiger partial charge in [0.05, 0.1) is 35.2 Å². The second-order valence-electron chi connectivity index (χ2n) is 11.3. The molecule has 3 N–H and O–H groups in total. The molecule has 2 aliphatic carbocycles. The molecule has 0 spiro atoms. The van der Waals surface area contributed by atoms with Gasteiger partial charge in [0, 0.05) is 38.0 Å². The minimum absolute atomic E-state index is 0.0635. The molecule has 0 aromatic carbocycles. The minimum Gasteiger partial charge on any atom is -0.381 e. The average molecular weight is 507 g/mol. The lowest BCUT2D eigenvalue weighted by Crippen LogP contribution is -2.47. The van der Waals surface area contributed by atoms with E-state index < -0.39 is 18.0 Å². The molecule has 8 nitrogen and oxygen atoms in total. The van der Waals surface area contributed by atoms with E-state index in [4.69, 9.17) is 25.5 Å². The third-order valence-corrected chi connectivity index (χ3v) is 9.17. The summed E-state index contributed by atoms with van der Waals surface area (Å²) >= 11 is 0. The first-order valence-corrected chi connectivity index (χ1v) is 13.1. The molecule has 2 aliphatic heterocycles. The van der Waals surface area contributed by atoms with E-state index in [9.17, 15) is 18.0 Å². The van der Waals surface area contributed by atoms with Gasteiger partial charge < -0.3 is 15.8 Å². The zero-order valence-electron chi connectivity index (χ0n) is 20.4. The molecular formula is C25H33F3N6O2. The molecule has 4 fully saturated rings. The number of piperidine rings is 1. The van der Waals surface area contributed by atoms with Gasteiger partial charge in [0.1, 0.15) is 0 Å². The Labute approximate surface area is 207 Å². The molecule has 1 amide bonds. The number of fused-ring (bicyclic) bond motifs is 2. The molecule has 6 rings (SSSR count). The fourth-order valence-corrected chi connectivity index (χ4v) is 6.79. The number of aromatic nitrogens is 4. The summed E-state index contributed by atoms with van der Waals surface area (Å²) in [6.45, 7) is 3.10. The summed E-state index contributed by atoms with van der Waals surface area (Å²) in [6, 6.07) is -0.194. The number of nitrogens with two attached hydrogens (primary N) is 1. The van der Waals surface area contributed by atoms with Crippen LogP contribution >= 0.6 is 0 Å². The van der Waals surface area contributed by atoms with Crippen LogP contribution in [0.15, 0.2) is 6.20 Å². The number of ether oxygens (including phenoxy) is 1. The molecule has 7 atom stereocenters. The minimum atomic E-state index is -4.35. The molecular weight excluding hydrogens is 473 g/mol. The Morgan fingerprint density at radius 3 is 2.61 bits per heavy atom. The maximum Gasteiger partial charge on any atom is 0.393 e. The summed E-state index contributed by atoms with van der Waals surface area (Å²) in [5.41, 5.74) is 8.65. The van der Waals surface area contributed by atoms with Gasteiger partial charge in [0.25, 0.3) is 5.78 Å². The summed E-state index contributed by atoms with van der Waals surface area (Å²) in [4.78, 5) is 22.1. The van der Waals surface area contributed by atoms with Crippen molar-refractivity contribution in [3.63, 3.8) is 0 Å². The Kier molecular flexibility index (Phi) is 5.98. The highest BCUT2D eigenvalue weighted by atomic mass is 19.4. The van der Waals surface area contributed by atoms with Crippen LogP contribution in [0.4, 0.5) is 13.2 Å². The van der Waals surface area contributed by atoms with Crippen molar-refractivity contribution in [2.75, 3.05) is 19.8 Å². The lowest BCUT2D eigenvalue weighted by atomic mass is 9.84. The van der Waals surface area contributed by atoms with E-state index in [0.717, 1.165) is 54.8 Å².